The highest BCUT2D eigenvalue weighted by molar-refractivity contribution is 5.85. The van der Waals surface area contributed by atoms with Gasteiger partial charge in [0, 0.05) is 6.54 Å². The van der Waals surface area contributed by atoms with Crippen LogP contribution >= 0.6 is 12.4 Å². The Labute approximate surface area is 121 Å². The number of esters is 1. The fourth-order valence-corrected chi connectivity index (χ4v) is 2.54. The summed E-state index contributed by atoms with van der Waals surface area (Å²) in [4.78, 5) is 14.3. The van der Waals surface area contributed by atoms with E-state index in [1.165, 1.54) is 26.4 Å². The van der Waals surface area contributed by atoms with Crippen LogP contribution in [0.1, 0.15) is 30.7 Å². The van der Waals surface area contributed by atoms with Crippen LogP contribution in [0.25, 0.3) is 0 Å². The van der Waals surface area contributed by atoms with E-state index in [0.29, 0.717) is 0 Å². The summed E-state index contributed by atoms with van der Waals surface area (Å²) >= 11 is 0. The number of hydrogen-bond donors (Lipinski definition) is 0. The first kappa shape index (κ1) is 16.0. The highest BCUT2D eigenvalue weighted by Gasteiger charge is 2.24. The molecule has 1 saturated heterocycles. The second kappa shape index (κ2) is 8.18. The van der Waals surface area contributed by atoms with Crippen molar-refractivity contribution in [2.45, 2.75) is 25.2 Å². The van der Waals surface area contributed by atoms with Gasteiger partial charge in [-0.3, -0.25) is 4.79 Å². The van der Waals surface area contributed by atoms with Crippen molar-refractivity contribution in [1.82, 2.24) is 4.90 Å². The van der Waals surface area contributed by atoms with Gasteiger partial charge in [-0.2, -0.15) is 0 Å². The number of carbonyl (C=O) groups is 1. The lowest BCUT2D eigenvalue weighted by atomic mass is 9.97. The fourth-order valence-electron chi connectivity index (χ4n) is 2.54. The Morgan fingerprint density at radius 2 is 1.84 bits per heavy atom. The van der Waals surface area contributed by atoms with Crippen LogP contribution in [0.2, 0.25) is 0 Å². The molecule has 1 aromatic rings. The molecule has 0 spiro atoms. The standard InChI is InChI=1S/C15H21NO2.ClH/c1-18-15(17)14(13-8-4-2-5-9-13)12-16-10-6-3-7-11-16;/h2,4-5,8-9,14H,3,6-7,10-12H2,1H3;1H. The fraction of sp³-hybridized carbons (Fsp3) is 0.533. The molecule has 1 aliphatic rings. The van der Waals surface area contributed by atoms with Crippen LogP contribution < -0.4 is 0 Å². The van der Waals surface area contributed by atoms with E-state index in [1.807, 2.05) is 30.3 Å². The number of ether oxygens (including phenoxy) is 1. The van der Waals surface area contributed by atoms with Crippen LogP contribution in [-0.2, 0) is 9.53 Å². The minimum atomic E-state index is -0.158. The topological polar surface area (TPSA) is 29.5 Å². The van der Waals surface area contributed by atoms with Gasteiger partial charge < -0.3 is 9.64 Å². The number of carbonyl (C=O) groups excluding carboxylic acids is 1. The first-order valence-corrected chi connectivity index (χ1v) is 6.66. The molecule has 0 aromatic heterocycles. The van der Waals surface area contributed by atoms with Crippen molar-refractivity contribution in [2.75, 3.05) is 26.7 Å². The van der Waals surface area contributed by atoms with Crippen molar-refractivity contribution in [2.24, 2.45) is 0 Å². The Bertz CT molecular complexity index is 377. The number of piperidine rings is 1. The third-order valence-corrected chi connectivity index (χ3v) is 3.58. The number of halogens is 1. The number of hydrogen-bond acceptors (Lipinski definition) is 3. The molecule has 4 heteroatoms. The molecule has 19 heavy (non-hydrogen) atoms. The van der Waals surface area contributed by atoms with Crippen molar-refractivity contribution in [3.8, 4) is 0 Å². The first-order valence-electron chi connectivity index (χ1n) is 6.66. The number of benzene rings is 1. The van der Waals surface area contributed by atoms with E-state index >= 15 is 0 Å². The summed E-state index contributed by atoms with van der Waals surface area (Å²) in [5.74, 6) is -0.291. The summed E-state index contributed by atoms with van der Waals surface area (Å²) in [6, 6.07) is 9.93. The number of rotatable bonds is 4. The molecular formula is C15H22ClNO2. The molecule has 1 unspecified atom stereocenters. The highest BCUT2D eigenvalue weighted by Crippen LogP contribution is 2.20. The predicted octanol–water partition coefficient (Wildman–Crippen LogP) is 2.85. The largest absolute Gasteiger partial charge is 0.469 e. The molecule has 0 aliphatic carbocycles. The minimum Gasteiger partial charge on any atom is -0.469 e. The van der Waals surface area contributed by atoms with E-state index in [2.05, 4.69) is 4.90 Å². The zero-order valence-electron chi connectivity index (χ0n) is 11.4. The maximum Gasteiger partial charge on any atom is 0.314 e. The summed E-state index contributed by atoms with van der Waals surface area (Å²) in [6.07, 6.45) is 3.79. The van der Waals surface area contributed by atoms with E-state index in [9.17, 15) is 4.79 Å². The number of nitrogens with zero attached hydrogens (tertiary/aromatic N) is 1. The Morgan fingerprint density at radius 3 is 2.42 bits per heavy atom. The highest BCUT2D eigenvalue weighted by atomic mass is 35.5. The van der Waals surface area contributed by atoms with E-state index in [-0.39, 0.29) is 24.3 Å². The number of methoxy groups -OCH3 is 1. The molecule has 1 aromatic carbocycles. The van der Waals surface area contributed by atoms with E-state index in [0.717, 1.165) is 25.2 Å². The zero-order valence-corrected chi connectivity index (χ0v) is 12.2. The third kappa shape index (κ3) is 4.51. The average Bonchev–Trinajstić information content (AvgIpc) is 2.46. The predicted molar refractivity (Wildman–Crippen MR) is 78.7 cm³/mol. The van der Waals surface area contributed by atoms with Gasteiger partial charge in [0.05, 0.1) is 13.0 Å². The minimum absolute atomic E-state index is 0. The molecule has 0 bridgehead atoms. The lowest BCUT2D eigenvalue weighted by molar-refractivity contribution is -0.143. The van der Waals surface area contributed by atoms with Gasteiger partial charge in [-0.15, -0.1) is 12.4 Å². The van der Waals surface area contributed by atoms with Crippen molar-refractivity contribution < 1.29 is 9.53 Å². The van der Waals surface area contributed by atoms with Gasteiger partial charge in [-0.1, -0.05) is 36.8 Å². The molecule has 3 nitrogen and oxygen atoms in total. The second-order valence-electron chi connectivity index (χ2n) is 4.85. The van der Waals surface area contributed by atoms with Crippen LogP contribution in [0.5, 0.6) is 0 Å². The first-order chi connectivity index (χ1) is 8.81. The van der Waals surface area contributed by atoms with Crippen LogP contribution in [0.15, 0.2) is 30.3 Å². The molecule has 1 heterocycles. The van der Waals surface area contributed by atoms with Crippen molar-refractivity contribution in [3.05, 3.63) is 35.9 Å². The summed E-state index contributed by atoms with van der Waals surface area (Å²) in [5, 5.41) is 0. The summed E-state index contributed by atoms with van der Waals surface area (Å²) in [7, 11) is 1.47. The molecule has 1 atom stereocenters. The third-order valence-electron chi connectivity index (χ3n) is 3.58. The molecule has 0 saturated carbocycles. The smallest absolute Gasteiger partial charge is 0.314 e. The Balaban J connectivity index is 0.00000180. The average molecular weight is 284 g/mol. The molecule has 1 aliphatic heterocycles. The van der Waals surface area contributed by atoms with Gasteiger partial charge in [-0.05, 0) is 31.5 Å². The van der Waals surface area contributed by atoms with Gasteiger partial charge in [0.1, 0.15) is 0 Å². The Hall–Kier alpha value is -1.06. The molecule has 2 rings (SSSR count). The summed E-state index contributed by atoms with van der Waals surface area (Å²) in [5.41, 5.74) is 1.05. The van der Waals surface area contributed by atoms with Gasteiger partial charge in [0.2, 0.25) is 0 Å². The Morgan fingerprint density at radius 1 is 1.21 bits per heavy atom. The molecule has 1 fully saturated rings. The van der Waals surface area contributed by atoms with Crippen LogP contribution in [0.4, 0.5) is 0 Å². The van der Waals surface area contributed by atoms with Crippen LogP contribution in [0.3, 0.4) is 0 Å². The summed E-state index contributed by atoms with van der Waals surface area (Å²) < 4.78 is 4.94. The van der Waals surface area contributed by atoms with Crippen LogP contribution in [0, 0.1) is 0 Å². The van der Waals surface area contributed by atoms with Crippen LogP contribution in [-0.4, -0.2) is 37.6 Å². The monoisotopic (exact) mass is 283 g/mol. The van der Waals surface area contributed by atoms with E-state index < -0.39 is 0 Å². The number of likely N-dealkylation sites (tertiary alicyclic amines) is 1. The molecule has 106 valence electrons. The lowest BCUT2D eigenvalue weighted by Gasteiger charge is -2.29. The summed E-state index contributed by atoms with van der Waals surface area (Å²) in [6.45, 7) is 2.97. The van der Waals surface area contributed by atoms with Gasteiger partial charge in [0.15, 0.2) is 0 Å². The molecular weight excluding hydrogens is 262 g/mol. The SMILES string of the molecule is COC(=O)C(CN1CCCCC1)c1ccccc1.Cl. The Kier molecular flexibility index (Phi) is 6.89. The van der Waals surface area contributed by atoms with Gasteiger partial charge in [0.25, 0.3) is 0 Å². The van der Waals surface area contributed by atoms with Crippen molar-refractivity contribution in [3.63, 3.8) is 0 Å². The maximum atomic E-state index is 11.9. The molecule has 0 radical (unpaired) electrons. The quantitative estimate of drug-likeness (QED) is 0.796. The van der Waals surface area contributed by atoms with Crippen molar-refractivity contribution >= 4 is 18.4 Å². The lowest BCUT2D eigenvalue weighted by Crippen LogP contribution is -2.36. The van der Waals surface area contributed by atoms with E-state index in [1.54, 1.807) is 0 Å². The van der Waals surface area contributed by atoms with Gasteiger partial charge in [-0.25, -0.2) is 0 Å². The van der Waals surface area contributed by atoms with Gasteiger partial charge >= 0.3 is 5.97 Å². The second-order valence-corrected chi connectivity index (χ2v) is 4.85. The van der Waals surface area contributed by atoms with Crippen molar-refractivity contribution in [1.29, 1.82) is 0 Å². The zero-order chi connectivity index (χ0) is 12.8. The maximum absolute atomic E-state index is 11.9. The molecule has 0 amide bonds. The van der Waals surface area contributed by atoms with E-state index in [4.69, 9.17) is 4.74 Å². The normalized spacial score (nSPS) is 17.3. The molecule has 0 N–H and O–H groups in total.